The van der Waals surface area contributed by atoms with Gasteiger partial charge in [-0.3, -0.25) is 9.59 Å². The molecule has 6 nitrogen and oxygen atoms in total. The summed E-state index contributed by atoms with van der Waals surface area (Å²) >= 11 is 0. The first-order valence-electron chi connectivity index (χ1n) is 8.84. The van der Waals surface area contributed by atoms with Gasteiger partial charge in [-0.25, -0.2) is 0 Å². The van der Waals surface area contributed by atoms with Crippen LogP contribution in [-0.2, 0) is 9.59 Å². The van der Waals surface area contributed by atoms with Gasteiger partial charge in [0.25, 0.3) is 0 Å². The predicted octanol–water partition coefficient (Wildman–Crippen LogP) is 3.31. The van der Waals surface area contributed by atoms with E-state index < -0.39 is 5.92 Å². The van der Waals surface area contributed by atoms with E-state index in [4.69, 9.17) is 9.47 Å². The maximum atomic E-state index is 12.7. The number of hydrogen-bond donors (Lipinski definition) is 1. The number of amides is 2. The molecular formula is C21H24N2O4. The van der Waals surface area contributed by atoms with E-state index in [1.807, 2.05) is 32.0 Å². The Bertz CT molecular complexity index is 878. The third-order valence-electron chi connectivity index (χ3n) is 5.04. The monoisotopic (exact) mass is 368 g/mol. The number of rotatable bonds is 5. The molecule has 0 radical (unpaired) electrons. The van der Waals surface area contributed by atoms with Gasteiger partial charge >= 0.3 is 0 Å². The molecule has 142 valence electrons. The van der Waals surface area contributed by atoms with Crippen LogP contribution in [0.15, 0.2) is 36.4 Å². The van der Waals surface area contributed by atoms with Crippen molar-refractivity contribution in [1.82, 2.24) is 0 Å². The Morgan fingerprint density at radius 3 is 2.63 bits per heavy atom. The van der Waals surface area contributed by atoms with E-state index in [0.717, 1.165) is 16.8 Å². The van der Waals surface area contributed by atoms with Crippen LogP contribution in [0.4, 0.5) is 11.4 Å². The largest absolute Gasteiger partial charge is 0.497 e. The van der Waals surface area contributed by atoms with Gasteiger partial charge in [0.15, 0.2) is 0 Å². The molecule has 0 aliphatic carbocycles. The highest BCUT2D eigenvalue weighted by atomic mass is 16.5. The first-order valence-corrected chi connectivity index (χ1v) is 8.84. The fourth-order valence-corrected chi connectivity index (χ4v) is 3.25. The summed E-state index contributed by atoms with van der Waals surface area (Å²) in [6, 6.07) is 11.1. The molecule has 2 aromatic rings. The van der Waals surface area contributed by atoms with Gasteiger partial charge in [-0.1, -0.05) is 12.1 Å². The molecule has 1 fully saturated rings. The van der Waals surface area contributed by atoms with Crippen LogP contribution in [0.25, 0.3) is 0 Å². The van der Waals surface area contributed by atoms with E-state index in [0.29, 0.717) is 23.7 Å². The van der Waals surface area contributed by atoms with Crippen molar-refractivity contribution >= 4 is 23.2 Å². The molecule has 3 rings (SSSR count). The average molecular weight is 368 g/mol. The van der Waals surface area contributed by atoms with Gasteiger partial charge in [0.2, 0.25) is 11.8 Å². The topological polar surface area (TPSA) is 67.9 Å². The number of anilines is 2. The summed E-state index contributed by atoms with van der Waals surface area (Å²) in [5.74, 6) is 0.513. The average Bonchev–Trinajstić information content (AvgIpc) is 3.06. The van der Waals surface area contributed by atoms with Crippen molar-refractivity contribution in [2.75, 3.05) is 31.0 Å². The SMILES string of the molecule is COc1ccc(OC)c(N2C[C@@H](C(=O)Nc3cccc(C)c3C)CC2=O)c1. The lowest BCUT2D eigenvalue weighted by Crippen LogP contribution is -2.28. The number of benzene rings is 2. The molecule has 1 aliphatic rings. The first kappa shape index (κ1) is 18.8. The second kappa shape index (κ2) is 7.70. The van der Waals surface area contributed by atoms with Gasteiger partial charge in [-0.2, -0.15) is 0 Å². The van der Waals surface area contributed by atoms with Crippen molar-refractivity contribution in [1.29, 1.82) is 0 Å². The van der Waals surface area contributed by atoms with Crippen molar-refractivity contribution in [3.05, 3.63) is 47.5 Å². The normalized spacial score (nSPS) is 16.4. The highest BCUT2D eigenvalue weighted by Gasteiger charge is 2.36. The number of hydrogen-bond acceptors (Lipinski definition) is 4. The molecule has 0 spiro atoms. The van der Waals surface area contributed by atoms with E-state index >= 15 is 0 Å². The van der Waals surface area contributed by atoms with Gasteiger partial charge < -0.3 is 19.7 Å². The molecule has 1 heterocycles. The van der Waals surface area contributed by atoms with Crippen molar-refractivity contribution in [3.63, 3.8) is 0 Å². The number of nitrogens with one attached hydrogen (secondary N) is 1. The molecular weight excluding hydrogens is 344 g/mol. The van der Waals surface area contributed by atoms with E-state index in [-0.39, 0.29) is 18.2 Å². The van der Waals surface area contributed by atoms with Gasteiger partial charge in [-0.15, -0.1) is 0 Å². The maximum absolute atomic E-state index is 12.7. The molecule has 1 saturated heterocycles. The molecule has 27 heavy (non-hydrogen) atoms. The third-order valence-corrected chi connectivity index (χ3v) is 5.04. The molecule has 0 bridgehead atoms. The molecule has 1 atom stereocenters. The van der Waals surface area contributed by atoms with Crippen molar-refractivity contribution in [2.45, 2.75) is 20.3 Å². The summed E-state index contributed by atoms with van der Waals surface area (Å²) in [5, 5.41) is 2.96. The number of carbonyl (C=O) groups excluding carboxylic acids is 2. The van der Waals surface area contributed by atoms with Crippen LogP contribution in [0, 0.1) is 19.8 Å². The lowest BCUT2D eigenvalue weighted by molar-refractivity contribution is -0.122. The van der Waals surface area contributed by atoms with Crippen molar-refractivity contribution in [3.8, 4) is 11.5 Å². The minimum Gasteiger partial charge on any atom is -0.497 e. The molecule has 0 aromatic heterocycles. The standard InChI is InChI=1S/C21H24N2O4/c1-13-6-5-7-17(14(13)2)22-21(25)15-10-20(24)23(12-15)18-11-16(26-3)8-9-19(18)27-4/h5-9,11,15H,10,12H2,1-4H3,(H,22,25)/t15-/m0/s1. The predicted molar refractivity (Wildman–Crippen MR) is 105 cm³/mol. The summed E-state index contributed by atoms with van der Waals surface area (Å²) in [4.78, 5) is 26.9. The fraction of sp³-hybridized carbons (Fsp3) is 0.333. The Labute approximate surface area is 159 Å². The Kier molecular flexibility index (Phi) is 5.35. The minimum atomic E-state index is -0.423. The minimum absolute atomic E-state index is 0.109. The number of ether oxygens (including phenoxy) is 2. The summed E-state index contributed by atoms with van der Waals surface area (Å²) < 4.78 is 10.6. The van der Waals surface area contributed by atoms with Crippen LogP contribution in [0.5, 0.6) is 11.5 Å². The Morgan fingerprint density at radius 2 is 1.93 bits per heavy atom. The zero-order valence-corrected chi connectivity index (χ0v) is 16.0. The molecule has 6 heteroatoms. The van der Waals surface area contributed by atoms with Crippen LogP contribution in [0.2, 0.25) is 0 Å². The highest BCUT2D eigenvalue weighted by Crippen LogP contribution is 2.36. The lowest BCUT2D eigenvalue weighted by Gasteiger charge is -2.20. The lowest BCUT2D eigenvalue weighted by atomic mass is 10.1. The Morgan fingerprint density at radius 1 is 1.15 bits per heavy atom. The maximum Gasteiger partial charge on any atom is 0.229 e. The molecule has 1 aliphatic heterocycles. The van der Waals surface area contributed by atoms with E-state index in [1.54, 1.807) is 37.3 Å². The Balaban J connectivity index is 1.79. The zero-order valence-electron chi connectivity index (χ0n) is 16.0. The summed E-state index contributed by atoms with van der Waals surface area (Å²) in [6.45, 7) is 4.28. The molecule has 2 amide bonds. The third kappa shape index (κ3) is 3.74. The number of carbonyl (C=O) groups is 2. The van der Waals surface area contributed by atoms with Crippen LogP contribution >= 0.6 is 0 Å². The quantitative estimate of drug-likeness (QED) is 0.879. The Hall–Kier alpha value is -3.02. The van der Waals surface area contributed by atoms with E-state index in [2.05, 4.69) is 5.32 Å². The molecule has 1 N–H and O–H groups in total. The van der Waals surface area contributed by atoms with Gasteiger partial charge in [0, 0.05) is 24.7 Å². The second-order valence-electron chi connectivity index (χ2n) is 6.68. The number of nitrogens with zero attached hydrogens (tertiary/aromatic N) is 1. The highest BCUT2D eigenvalue weighted by molar-refractivity contribution is 6.04. The van der Waals surface area contributed by atoms with E-state index in [1.165, 1.54) is 0 Å². The van der Waals surface area contributed by atoms with Crippen LogP contribution in [-0.4, -0.2) is 32.6 Å². The van der Waals surface area contributed by atoms with Crippen LogP contribution in [0.3, 0.4) is 0 Å². The molecule has 2 aromatic carbocycles. The second-order valence-corrected chi connectivity index (χ2v) is 6.68. The summed E-state index contributed by atoms with van der Waals surface area (Å²) in [5.41, 5.74) is 3.54. The van der Waals surface area contributed by atoms with Crippen molar-refractivity contribution in [2.24, 2.45) is 5.92 Å². The van der Waals surface area contributed by atoms with Gasteiger partial charge in [0.05, 0.1) is 25.8 Å². The summed E-state index contributed by atoms with van der Waals surface area (Å²) in [7, 11) is 3.12. The van der Waals surface area contributed by atoms with Gasteiger partial charge in [0.1, 0.15) is 11.5 Å². The first-order chi connectivity index (χ1) is 12.9. The summed E-state index contributed by atoms with van der Waals surface area (Å²) in [6.07, 6.45) is 0.164. The van der Waals surface area contributed by atoms with E-state index in [9.17, 15) is 9.59 Å². The number of methoxy groups -OCH3 is 2. The number of aryl methyl sites for hydroxylation is 1. The zero-order chi connectivity index (χ0) is 19.6. The van der Waals surface area contributed by atoms with Crippen LogP contribution in [0.1, 0.15) is 17.5 Å². The molecule has 0 unspecified atom stereocenters. The smallest absolute Gasteiger partial charge is 0.229 e. The van der Waals surface area contributed by atoms with Crippen LogP contribution < -0.4 is 19.7 Å². The van der Waals surface area contributed by atoms with Gasteiger partial charge in [-0.05, 0) is 43.2 Å². The fourth-order valence-electron chi connectivity index (χ4n) is 3.25. The van der Waals surface area contributed by atoms with Crippen molar-refractivity contribution < 1.29 is 19.1 Å². The molecule has 0 saturated carbocycles.